The third-order valence-corrected chi connectivity index (χ3v) is 6.05. The van der Waals surface area contributed by atoms with Crippen molar-refractivity contribution in [3.63, 3.8) is 0 Å². The second-order valence-corrected chi connectivity index (χ2v) is 8.07. The number of aryl methyl sites for hydroxylation is 1. The van der Waals surface area contributed by atoms with Gasteiger partial charge in [0.2, 0.25) is 5.78 Å². The van der Waals surface area contributed by atoms with Crippen LogP contribution < -0.4 is 0 Å². The number of ether oxygens (including phenoxy) is 1. The molecule has 0 bridgehead atoms. The maximum atomic E-state index is 13.0. The van der Waals surface area contributed by atoms with Gasteiger partial charge in [-0.15, -0.1) is 0 Å². The molecule has 0 amide bonds. The summed E-state index contributed by atoms with van der Waals surface area (Å²) in [5.41, 5.74) is 0.178. The number of fused-ring (bicyclic) bond motifs is 2. The summed E-state index contributed by atoms with van der Waals surface area (Å²) in [5.74, 6) is -0.723. The fraction of sp³-hybridized carbons (Fsp3) is 0.600. The lowest BCUT2D eigenvalue weighted by Crippen LogP contribution is -2.59. The first-order valence-corrected chi connectivity index (χ1v) is 8.79. The van der Waals surface area contributed by atoms with Gasteiger partial charge in [-0.2, -0.15) is 0 Å². The van der Waals surface area contributed by atoms with Crippen molar-refractivity contribution in [1.82, 2.24) is 0 Å². The van der Waals surface area contributed by atoms with Crippen LogP contribution in [0.2, 0.25) is 0 Å². The molecule has 5 nitrogen and oxygen atoms in total. The number of Topliss-reactive ketones (excluding diaryl/α,β-unsaturated/α-hetero) is 1. The van der Waals surface area contributed by atoms with Gasteiger partial charge in [-0.3, -0.25) is 4.79 Å². The van der Waals surface area contributed by atoms with Gasteiger partial charge < -0.3 is 14.3 Å². The van der Waals surface area contributed by atoms with E-state index in [0.29, 0.717) is 18.4 Å². The van der Waals surface area contributed by atoms with Gasteiger partial charge in [0.05, 0.1) is 11.9 Å². The Morgan fingerprint density at radius 3 is 2.72 bits per heavy atom. The lowest BCUT2D eigenvalue weighted by Gasteiger charge is -2.55. The molecule has 0 spiro atoms. The quantitative estimate of drug-likeness (QED) is 0.649. The first kappa shape index (κ1) is 17.9. The standard InChI is InChI=1S/C20H26O5/c1-11(2)9-14(21)25-18-15-12(3)10-24-17(15)16(22)13-7-6-8-19(4,23)20(13,18)5/h9-10,13,18,23H,6-8H2,1-5H3. The summed E-state index contributed by atoms with van der Waals surface area (Å²) in [6, 6.07) is 0. The number of esters is 1. The predicted octanol–water partition coefficient (Wildman–Crippen LogP) is 3.89. The van der Waals surface area contributed by atoms with Crippen LogP contribution >= 0.6 is 0 Å². The van der Waals surface area contributed by atoms with E-state index in [-0.39, 0.29) is 11.5 Å². The second-order valence-electron chi connectivity index (χ2n) is 8.07. The highest BCUT2D eigenvalue weighted by Crippen LogP contribution is 2.60. The fourth-order valence-corrected chi connectivity index (χ4v) is 4.46. The zero-order chi connectivity index (χ0) is 18.6. The van der Waals surface area contributed by atoms with Gasteiger partial charge in [-0.1, -0.05) is 12.5 Å². The van der Waals surface area contributed by atoms with E-state index in [0.717, 1.165) is 17.6 Å². The van der Waals surface area contributed by atoms with Crippen LogP contribution in [0.25, 0.3) is 0 Å². The SMILES string of the molecule is CC(C)=CC(=O)OC1c2c(C)coc2C(=O)C2CCCC(C)(O)C21C. The third-order valence-electron chi connectivity index (χ3n) is 6.05. The van der Waals surface area contributed by atoms with E-state index in [1.807, 2.05) is 27.7 Å². The molecule has 1 fully saturated rings. The predicted molar refractivity (Wildman–Crippen MR) is 92.1 cm³/mol. The zero-order valence-electron chi connectivity index (χ0n) is 15.5. The van der Waals surface area contributed by atoms with Gasteiger partial charge in [0.25, 0.3) is 0 Å². The minimum Gasteiger partial charge on any atom is -0.461 e. The van der Waals surface area contributed by atoms with E-state index in [1.54, 1.807) is 6.92 Å². The summed E-state index contributed by atoms with van der Waals surface area (Å²) in [4.78, 5) is 25.4. The molecule has 2 aliphatic rings. The van der Waals surface area contributed by atoms with Gasteiger partial charge in [0.15, 0.2) is 5.76 Å². The molecule has 1 saturated carbocycles. The molecular weight excluding hydrogens is 320 g/mol. The topological polar surface area (TPSA) is 76.7 Å². The number of hydrogen-bond acceptors (Lipinski definition) is 5. The molecule has 2 aliphatic carbocycles. The Hall–Kier alpha value is -1.88. The molecule has 1 heterocycles. The van der Waals surface area contributed by atoms with Crippen LogP contribution in [0.5, 0.6) is 0 Å². The molecule has 5 heteroatoms. The summed E-state index contributed by atoms with van der Waals surface area (Å²) >= 11 is 0. The Balaban J connectivity index is 2.17. The van der Waals surface area contributed by atoms with Crippen molar-refractivity contribution < 1.29 is 23.8 Å². The lowest BCUT2D eigenvalue weighted by atomic mass is 9.51. The van der Waals surface area contributed by atoms with Crippen molar-refractivity contribution >= 4 is 11.8 Å². The number of hydrogen-bond donors (Lipinski definition) is 1. The Kier molecular flexibility index (Phi) is 4.18. The molecule has 1 aromatic rings. The number of furan rings is 1. The van der Waals surface area contributed by atoms with Crippen LogP contribution in [0.15, 0.2) is 22.3 Å². The molecule has 25 heavy (non-hydrogen) atoms. The summed E-state index contributed by atoms with van der Waals surface area (Å²) in [5, 5.41) is 11.2. The number of carbonyl (C=O) groups is 2. The van der Waals surface area contributed by atoms with E-state index in [4.69, 9.17) is 9.15 Å². The zero-order valence-corrected chi connectivity index (χ0v) is 15.5. The summed E-state index contributed by atoms with van der Waals surface area (Å²) in [6.07, 6.45) is 4.21. The smallest absolute Gasteiger partial charge is 0.331 e. The van der Waals surface area contributed by atoms with Crippen molar-refractivity contribution in [3.05, 3.63) is 34.8 Å². The monoisotopic (exact) mass is 346 g/mol. The first-order chi connectivity index (χ1) is 11.6. The molecule has 3 rings (SSSR count). The number of ketones is 1. The molecule has 0 aliphatic heterocycles. The van der Waals surface area contributed by atoms with Crippen LogP contribution in [-0.4, -0.2) is 22.5 Å². The number of allylic oxidation sites excluding steroid dienone is 1. The number of aliphatic hydroxyl groups is 1. The van der Waals surface area contributed by atoms with Crippen molar-refractivity contribution in [2.45, 2.75) is 65.6 Å². The molecule has 0 aromatic carbocycles. The Labute approximate surface area is 148 Å². The number of rotatable bonds is 2. The second kappa shape index (κ2) is 5.84. The van der Waals surface area contributed by atoms with Crippen LogP contribution in [0.4, 0.5) is 0 Å². The summed E-state index contributed by atoms with van der Waals surface area (Å²) < 4.78 is 11.4. The van der Waals surface area contributed by atoms with E-state index in [1.165, 1.54) is 12.3 Å². The van der Waals surface area contributed by atoms with Crippen molar-refractivity contribution in [3.8, 4) is 0 Å². The average molecular weight is 346 g/mol. The van der Waals surface area contributed by atoms with Gasteiger partial charge >= 0.3 is 5.97 Å². The third kappa shape index (κ3) is 2.56. The fourth-order valence-electron chi connectivity index (χ4n) is 4.46. The lowest BCUT2D eigenvalue weighted by molar-refractivity contribution is -0.194. The highest BCUT2D eigenvalue weighted by molar-refractivity contribution is 5.99. The van der Waals surface area contributed by atoms with Crippen LogP contribution in [-0.2, 0) is 9.53 Å². The van der Waals surface area contributed by atoms with Crippen LogP contribution in [0.1, 0.15) is 74.7 Å². The highest BCUT2D eigenvalue weighted by Gasteiger charge is 2.63. The largest absolute Gasteiger partial charge is 0.461 e. The van der Waals surface area contributed by atoms with Gasteiger partial charge in [0, 0.05) is 23.0 Å². The molecule has 4 unspecified atom stereocenters. The molecule has 1 aromatic heterocycles. The van der Waals surface area contributed by atoms with Gasteiger partial charge in [-0.25, -0.2) is 4.79 Å². The van der Waals surface area contributed by atoms with E-state index < -0.39 is 29.0 Å². The van der Waals surface area contributed by atoms with Crippen molar-refractivity contribution in [1.29, 1.82) is 0 Å². The maximum Gasteiger partial charge on any atom is 0.331 e. The Morgan fingerprint density at radius 1 is 1.40 bits per heavy atom. The van der Waals surface area contributed by atoms with Gasteiger partial charge in [-0.05, 0) is 52.5 Å². The number of carbonyl (C=O) groups excluding carboxylic acids is 2. The van der Waals surface area contributed by atoms with E-state index in [2.05, 4.69) is 0 Å². The summed E-state index contributed by atoms with van der Waals surface area (Å²) in [7, 11) is 0. The molecule has 1 N–H and O–H groups in total. The van der Waals surface area contributed by atoms with Crippen molar-refractivity contribution in [2.24, 2.45) is 11.3 Å². The van der Waals surface area contributed by atoms with Crippen LogP contribution in [0.3, 0.4) is 0 Å². The summed E-state index contributed by atoms with van der Waals surface area (Å²) in [6.45, 7) is 9.08. The van der Waals surface area contributed by atoms with Crippen molar-refractivity contribution in [2.75, 3.05) is 0 Å². The van der Waals surface area contributed by atoms with Crippen LogP contribution in [0, 0.1) is 18.3 Å². The van der Waals surface area contributed by atoms with Gasteiger partial charge in [0.1, 0.15) is 6.10 Å². The Morgan fingerprint density at radius 2 is 2.08 bits per heavy atom. The molecule has 4 atom stereocenters. The minimum atomic E-state index is -1.12. The van der Waals surface area contributed by atoms with E-state index in [9.17, 15) is 14.7 Å². The maximum absolute atomic E-state index is 13.0. The van der Waals surface area contributed by atoms with E-state index >= 15 is 0 Å². The molecular formula is C20H26O5. The average Bonchev–Trinajstić information content (AvgIpc) is 2.87. The normalized spacial score (nSPS) is 34.1. The molecule has 0 saturated heterocycles. The highest BCUT2D eigenvalue weighted by atomic mass is 16.5. The Bertz CT molecular complexity index is 750. The molecule has 0 radical (unpaired) electrons. The first-order valence-electron chi connectivity index (χ1n) is 8.79. The minimum absolute atomic E-state index is 0.0971. The molecule has 136 valence electrons.